The SMILES string of the molecule is CC(O)CC(C)(C)CNCc1cc(Br)ccc1O. The second-order valence-electron chi connectivity index (χ2n) is 5.59. The molecule has 4 heteroatoms. The van der Waals surface area contributed by atoms with Gasteiger partial charge in [0.05, 0.1) is 6.10 Å². The fraction of sp³-hybridized carbons (Fsp3) is 0.571. The molecular weight excluding hydrogens is 294 g/mol. The molecule has 1 atom stereocenters. The van der Waals surface area contributed by atoms with E-state index in [1.807, 2.05) is 19.1 Å². The Morgan fingerprint density at radius 2 is 2.06 bits per heavy atom. The summed E-state index contributed by atoms with van der Waals surface area (Å²) in [5.74, 6) is 0.305. The number of rotatable bonds is 6. The highest BCUT2D eigenvalue weighted by Gasteiger charge is 2.19. The molecule has 0 bridgehead atoms. The van der Waals surface area contributed by atoms with E-state index in [2.05, 4.69) is 35.1 Å². The number of nitrogens with one attached hydrogen (secondary N) is 1. The molecule has 0 aliphatic heterocycles. The van der Waals surface area contributed by atoms with Crippen molar-refractivity contribution < 1.29 is 10.2 Å². The van der Waals surface area contributed by atoms with Gasteiger partial charge in [0.15, 0.2) is 0 Å². The summed E-state index contributed by atoms with van der Waals surface area (Å²) < 4.78 is 0.959. The van der Waals surface area contributed by atoms with Crippen LogP contribution in [-0.2, 0) is 6.54 Å². The van der Waals surface area contributed by atoms with Gasteiger partial charge >= 0.3 is 0 Å². The van der Waals surface area contributed by atoms with Crippen LogP contribution in [0.3, 0.4) is 0 Å². The van der Waals surface area contributed by atoms with Gasteiger partial charge in [0.2, 0.25) is 0 Å². The Kier molecular flexibility index (Phi) is 5.63. The number of phenols is 1. The summed E-state index contributed by atoms with van der Waals surface area (Å²) >= 11 is 3.39. The van der Waals surface area contributed by atoms with E-state index in [-0.39, 0.29) is 11.5 Å². The van der Waals surface area contributed by atoms with Gasteiger partial charge in [-0.05, 0) is 37.0 Å². The monoisotopic (exact) mass is 315 g/mol. The minimum atomic E-state index is -0.291. The van der Waals surface area contributed by atoms with Crippen molar-refractivity contribution in [2.75, 3.05) is 6.54 Å². The van der Waals surface area contributed by atoms with Crippen molar-refractivity contribution in [3.8, 4) is 5.75 Å². The van der Waals surface area contributed by atoms with Crippen LogP contribution in [0.5, 0.6) is 5.75 Å². The Bertz CT molecular complexity index is 391. The van der Waals surface area contributed by atoms with E-state index < -0.39 is 0 Å². The van der Waals surface area contributed by atoms with E-state index in [9.17, 15) is 10.2 Å². The van der Waals surface area contributed by atoms with E-state index in [4.69, 9.17) is 0 Å². The standard InChI is InChI=1S/C14H22BrNO2/c1-10(17)7-14(2,3)9-16-8-11-6-12(15)4-5-13(11)18/h4-6,10,16-18H,7-9H2,1-3H3. The van der Waals surface area contributed by atoms with Gasteiger partial charge in [-0.2, -0.15) is 0 Å². The van der Waals surface area contributed by atoms with Crippen LogP contribution in [0.4, 0.5) is 0 Å². The van der Waals surface area contributed by atoms with Crippen LogP contribution in [0.2, 0.25) is 0 Å². The van der Waals surface area contributed by atoms with E-state index in [1.54, 1.807) is 6.07 Å². The van der Waals surface area contributed by atoms with Gasteiger partial charge in [0, 0.05) is 23.1 Å². The summed E-state index contributed by atoms with van der Waals surface area (Å²) in [6.07, 6.45) is 0.464. The zero-order valence-corrected chi connectivity index (χ0v) is 12.8. The maximum atomic E-state index is 9.71. The first-order valence-electron chi connectivity index (χ1n) is 6.16. The van der Waals surface area contributed by atoms with Crippen molar-refractivity contribution in [1.29, 1.82) is 0 Å². The molecule has 0 aliphatic rings. The van der Waals surface area contributed by atoms with Crippen molar-refractivity contribution in [3.05, 3.63) is 28.2 Å². The molecule has 0 saturated heterocycles. The number of benzene rings is 1. The number of aliphatic hydroxyl groups is 1. The van der Waals surface area contributed by atoms with Gasteiger partial charge in [-0.3, -0.25) is 0 Å². The third-order valence-electron chi connectivity index (χ3n) is 2.81. The molecule has 0 aromatic heterocycles. The van der Waals surface area contributed by atoms with Gasteiger partial charge in [-0.15, -0.1) is 0 Å². The van der Waals surface area contributed by atoms with Crippen molar-refractivity contribution in [2.45, 2.75) is 39.8 Å². The molecule has 102 valence electrons. The molecule has 3 nitrogen and oxygen atoms in total. The third-order valence-corrected chi connectivity index (χ3v) is 3.30. The van der Waals surface area contributed by atoms with E-state index in [1.165, 1.54) is 0 Å². The predicted octanol–water partition coefficient (Wildman–Crippen LogP) is 3.04. The van der Waals surface area contributed by atoms with Crippen LogP contribution in [0.15, 0.2) is 22.7 Å². The fourth-order valence-electron chi connectivity index (χ4n) is 2.10. The maximum absolute atomic E-state index is 9.71. The molecule has 0 amide bonds. The third kappa shape index (κ3) is 5.38. The minimum Gasteiger partial charge on any atom is -0.508 e. The lowest BCUT2D eigenvalue weighted by molar-refractivity contribution is 0.128. The highest BCUT2D eigenvalue weighted by molar-refractivity contribution is 9.10. The zero-order valence-electron chi connectivity index (χ0n) is 11.2. The summed E-state index contributed by atoms with van der Waals surface area (Å²) in [7, 11) is 0. The Morgan fingerprint density at radius 1 is 1.39 bits per heavy atom. The van der Waals surface area contributed by atoms with Gasteiger partial charge in [-0.25, -0.2) is 0 Å². The highest BCUT2D eigenvalue weighted by Crippen LogP contribution is 2.23. The molecule has 0 fully saturated rings. The van der Waals surface area contributed by atoms with Crippen LogP contribution >= 0.6 is 15.9 Å². The smallest absolute Gasteiger partial charge is 0.120 e. The number of hydrogen-bond donors (Lipinski definition) is 3. The largest absolute Gasteiger partial charge is 0.508 e. The van der Waals surface area contributed by atoms with Crippen LogP contribution in [-0.4, -0.2) is 22.9 Å². The molecule has 0 saturated carbocycles. The lowest BCUT2D eigenvalue weighted by Crippen LogP contribution is -2.31. The highest BCUT2D eigenvalue weighted by atomic mass is 79.9. The quantitative estimate of drug-likeness (QED) is 0.756. The second-order valence-corrected chi connectivity index (χ2v) is 6.51. The molecule has 0 heterocycles. The molecular formula is C14H22BrNO2. The summed E-state index contributed by atoms with van der Waals surface area (Å²) in [6, 6.07) is 5.41. The number of hydrogen-bond acceptors (Lipinski definition) is 3. The molecule has 0 spiro atoms. The van der Waals surface area contributed by atoms with E-state index in [0.29, 0.717) is 12.3 Å². The Morgan fingerprint density at radius 3 is 2.67 bits per heavy atom. The molecule has 1 unspecified atom stereocenters. The van der Waals surface area contributed by atoms with Gasteiger partial charge in [-0.1, -0.05) is 29.8 Å². The number of aromatic hydroxyl groups is 1. The maximum Gasteiger partial charge on any atom is 0.120 e. The summed E-state index contributed by atoms with van der Waals surface area (Å²) in [4.78, 5) is 0. The molecule has 1 aromatic rings. The first kappa shape index (κ1) is 15.5. The molecule has 0 radical (unpaired) electrons. The topological polar surface area (TPSA) is 52.5 Å². The lowest BCUT2D eigenvalue weighted by Gasteiger charge is -2.26. The minimum absolute atomic E-state index is 0.0375. The molecule has 1 rings (SSSR count). The number of halogens is 1. The summed E-state index contributed by atoms with van der Waals surface area (Å²) in [6.45, 7) is 7.46. The van der Waals surface area contributed by atoms with Gasteiger partial charge in [0.25, 0.3) is 0 Å². The van der Waals surface area contributed by atoms with Crippen LogP contribution in [0.1, 0.15) is 32.8 Å². The fourth-order valence-corrected chi connectivity index (χ4v) is 2.51. The Balaban J connectivity index is 2.48. The summed E-state index contributed by atoms with van der Waals surface area (Å²) in [5, 5.41) is 22.4. The van der Waals surface area contributed by atoms with Gasteiger partial charge in [0.1, 0.15) is 5.75 Å². The first-order chi connectivity index (χ1) is 8.30. The molecule has 1 aromatic carbocycles. The second kappa shape index (κ2) is 6.55. The average molecular weight is 316 g/mol. The normalized spacial score (nSPS) is 13.6. The average Bonchev–Trinajstić information content (AvgIpc) is 2.21. The van der Waals surface area contributed by atoms with E-state index >= 15 is 0 Å². The van der Waals surface area contributed by atoms with Crippen molar-refractivity contribution >= 4 is 15.9 Å². The molecule has 3 N–H and O–H groups in total. The lowest BCUT2D eigenvalue weighted by atomic mass is 9.87. The predicted molar refractivity (Wildman–Crippen MR) is 77.6 cm³/mol. The summed E-state index contributed by atoms with van der Waals surface area (Å²) in [5.41, 5.74) is 0.910. The number of phenolic OH excluding ortho intramolecular Hbond substituents is 1. The first-order valence-corrected chi connectivity index (χ1v) is 6.96. The van der Waals surface area contributed by atoms with E-state index in [0.717, 1.165) is 23.0 Å². The Labute approximate surface area is 117 Å². The number of aliphatic hydroxyl groups excluding tert-OH is 1. The molecule has 18 heavy (non-hydrogen) atoms. The van der Waals surface area contributed by atoms with Crippen molar-refractivity contribution in [2.24, 2.45) is 5.41 Å². The van der Waals surface area contributed by atoms with Crippen LogP contribution in [0, 0.1) is 5.41 Å². The van der Waals surface area contributed by atoms with Gasteiger partial charge < -0.3 is 15.5 Å². The van der Waals surface area contributed by atoms with Crippen LogP contribution in [0.25, 0.3) is 0 Å². The Hall–Kier alpha value is -0.580. The van der Waals surface area contributed by atoms with Crippen LogP contribution < -0.4 is 5.32 Å². The zero-order chi connectivity index (χ0) is 13.8. The van der Waals surface area contributed by atoms with Crippen molar-refractivity contribution in [3.63, 3.8) is 0 Å². The molecule has 0 aliphatic carbocycles. The van der Waals surface area contributed by atoms with Crippen molar-refractivity contribution in [1.82, 2.24) is 5.32 Å².